The van der Waals surface area contributed by atoms with Gasteiger partial charge in [-0.2, -0.15) is 0 Å². The molecule has 0 aliphatic carbocycles. The topological polar surface area (TPSA) is 169 Å². The third kappa shape index (κ3) is 13.0. The number of amides is 3. The second-order valence-corrected chi connectivity index (χ2v) is 13.1. The van der Waals surface area contributed by atoms with Crippen LogP contribution in [0, 0.1) is 0 Å². The average Bonchev–Trinajstić information content (AvgIpc) is 3.01. The minimum absolute atomic E-state index is 0.0939. The van der Waals surface area contributed by atoms with Crippen LogP contribution in [0.4, 0.5) is 10.5 Å². The molecule has 13 heteroatoms. The molecule has 3 amide bonds. The summed E-state index contributed by atoms with van der Waals surface area (Å²) in [7, 11) is 3.25. The molecule has 0 aromatic heterocycles. The fourth-order valence-corrected chi connectivity index (χ4v) is 5.27. The van der Waals surface area contributed by atoms with Crippen molar-refractivity contribution in [3.05, 3.63) is 35.3 Å². The van der Waals surface area contributed by atoms with Crippen molar-refractivity contribution in [2.45, 2.75) is 103 Å². The van der Waals surface area contributed by atoms with Crippen molar-refractivity contribution in [3.8, 4) is 5.75 Å². The molecule has 2 aliphatic heterocycles. The molecule has 0 spiro atoms. The summed E-state index contributed by atoms with van der Waals surface area (Å²) in [6, 6.07) is 5.95. The van der Waals surface area contributed by atoms with E-state index < -0.39 is 23.8 Å². The van der Waals surface area contributed by atoms with Gasteiger partial charge in [0.05, 0.1) is 12.8 Å². The van der Waals surface area contributed by atoms with E-state index in [0.717, 1.165) is 55.6 Å². The van der Waals surface area contributed by atoms with Crippen molar-refractivity contribution in [2.24, 2.45) is 10.7 Å². The number of anilines is 1. The van der Waals surface area contributed by atoms with Crippen molar-refractivity contribution >= 4 is 29.3 Å². The van der Waals surface area contributed by atoms with Crippen molar-refractivity contribution in [2.75, 3.05) is 45.8 Å². The van der Waals surface area contributed by atoms with Crippen molar-refractivity contribution < 1.29 is 28.6 Å². The highest BCUT2D eigenvalue weighted by Gasteiger charge is 2.29. The van der Waals surface area contributed by atoms with Crippen molar-refractivity contribution in [1.82, 2.24) is 20.9 Å². The van der Waals surface area contributed by atoms with Gasteiger partial charge in [0.2, 0.25) is 5.91 Å². The van der Waals surface area contributed by atoms with E-state index in [4.69, 9.17) is 24.9 Å². The zero-order chi connectivity index (χ0) is 34.4. The highest BCUT2D eigenvalue weighted by Crippen LogP contribution is 2.25. The van der Waals surface area contributed by atoms with Crippen LogP contribution in [0.3, 0.4) is 0 Å². The number of primary amides is 1. The fourth-order valence-electron chi connectivity index (χ4n) is 5.27. The lowest BCUT2D eigenvalue weighted by Crippen LogP contribution is -2.54. The lowest BCUT2D eigenvalue weighted by molar-refractivity contribution is -0.121. The summed E-state index contributed by atoms with van der Waals surface area (Å²) in [5.74, 6) is 0.740. The number of hydrogen-bond acceptors (Lipinski definition) is 10. The maximum absolute atomic E-state index is 12.6. The van der Waals surface area contributed by atoms with Gasteiger partial charge < -0.3 is 46.1 Å². The summed E-state index contributed by atoms with van der Waals surface area (Å²) in [6.07, 6.45) is 5.90. The van der Waals surface area contributed by atoms with Crippen LogP contribution in [-0.4, -0.2) is 86.8 Å². The van der Waals surface area contributed by atoms with Crippen LogP contribution >= 0.6 is 0 Å². The van der Waals surface area contributed by atoms with Crippen molar-refractivity contribution in [3.63, 3.8) is 0 Å². The van der Waals surface area contributed by atoms with Gasteiger partial charge in [-0.15, -0.1) is 0 Å². The Morgan fingerprint density at radius 2 is 1.83 bits per heavy atom. The first-order valence-electron chi connectivity index (χ1n) is 16.8. The fraction of sp³-hybridized carbons (Fsp3) is 0.647. The van der Waals surface area contributed by atoms with Gasteiger partial charge in [-0.05, 0) is 77.0 Å². The van der Waals surface area contributed by atoms with Crippen LogP contribution in [0.5, 0.6) is 5.75 Å². The molecule has 3 rings (SSSR count). The van der Waals surface area contributed by atoms with Gasteiger partial charge in [0.25, 0.3) is 5.91 Å². The molecule has 262 valence electrons. The van der Waals surface area contributed by atoms with Crippen LogP contribution in [0.15, 0.2) is 34.7 Å². The average molecular weight is 658 g/mol. The number of nitrogens with two attached hydrogens (primary N) is 1. The van der Waals surface area contributed by atoms with Crippen LogP contribution in [-0.2, 0) is 25.5 Å². The molecule has 0 saturated carbocycles. The number of carbonyl (C=O) groups is 3. The van der Waals surface area contributed by atoms with E-state index in [-0.39, 0.29) is 17.7 Å². The van der Waals surface area contributed by atoms with Crippen LogP contribution in [0.25, 0.3) is 0 Å². The number of nitrogens with zero attached hydrogens (tertiary/aromatic N) is 2. The molecule has 1 aromatic carbocycles. The van der Waals surface area contributed by atoms with Gasteiger partial charge in [0, 0.05) is 57.6 Å². The summed E-state index contributed by atoms with van der Waals surface area (Å²) < 4.78 is 16.4. The number of benzene rings is 1. The zero-order valence-electron chi connectivity index (χ0n) is 29.0. The number of carbonyl (C=O) groups excluding carboxylic acids is 3. The Hall–Kier alpha value is -4.00. The smallest absolute Gasteiger partial charge is 0.410 e. The number of aliphatic imine (C=N–C) groups is 1. The second kappa shape index (κ2) is 18.4. The summed E-state index contributed by atoms with van der Waals surface area (Å²) in [4.78, 5) is 43.4. The van der Waals surface area contributed by atoms with Gasteiger partial charge in [0.15, 0.2) is 0 Å². The van der Waals surface area contributed by atoms with E-state index in [2.05, 4.69) is 28.2 Å². The standard InChI is InChI=1S/C34H55N7O6/c1-7-8-9-11-27-31(37-24-14-18-46-19-15-24)40-32(29(39-27)30(35)43)38-25-20-23(21-26(22-25)45-6)13-16-36-28(42)12-10-17-41(5)33(44)47-34(2,3)4/h20-22,24,32,37-38,40H,7-19H2,1-6H3,(H2,35,43)(H,36,42). The molecule has 1 fully saturated rings. The number of nitrogens with one attached hydrogen (secondary N) is 4. The Balaban J connectivity index is 1.62. The van der Waals surface area contributed by atoms with E-state index in [1.165, 1.54) is 4.90 Å². The van der Waals surface area contributed by atoms with E-state index in [1.807, 2.05) is 39.0 Å². The molecule has 47 heavy (non-hydrogen) atoms. The van der Waals surface area contributed by atoms with E-state index in [1.54, 1.807) is 14.2 Å². The predicted octanol–water partition coefficient (Wildman–Crippen LogP) is 3.79. The second-order valence-electron chi connectivity index (χ2n) is 13.1. The highest BCUT2D eigenvalue weighted by atomic mass is 16.6. The van der Waals surface area contributed by atoms with Crippen LogP contribution < -0.4 is 31.7 Å². The Morgan fingerprint density at radius 1 is 1.09 bits per heavy atom. The van der Waals surface area contributed by atoms with Gasteiger partial charge >= 0.3 is 6.09 Å². The molecule has 13 nitrogen and oxygen atoms in total. The number of rotatable bonds is 17. The summed E-state index contributed by atoms with van der Waals surface area (Å²) in [5.41, 5.74) is 7.92. The maximum Gasteiger partial charge on any atom is 0.410 e. The molecule has 2 heterocycles. The third-order valence-corrected chi connectivity index (χ3v) is 7.80. The molecule has 1 saturated heterocycles. The maximum atomic E-state index is 12.6. The summed E-state index contributed by atoms with van der Waals surface area (Å²) >= 11 is 0. The lowest BCUT2D eigenvalue weighted by Gasteiger charge is -2.33. The lowest BCUT2D eigenvalue weighted by atomic mass is 10.1. The minimum Gasteiger partial charge on any atom is -0.497 e. The van der Waals surface area contributed by atoms with E-state index in [0.29, 0.717) is 57.0 Å². The molecule has 2 aliphatic rings. The first-order chi connectivity index (χ1) is 22.4. The molecule has 0 bridgehead atoms. The quantitative estimate of drug-likeness (QED) is 0.157. The van der Waals surface area contributed by atoms with Crippen molar-refractivity contribution in [1.29, 1.82) is 0 Å². The molecule has 0 radical (unpaired) electrons. The first-order valence-corrected chi connectivity index (χ1v) is 16.8. The third-order valence-electron chi connectivity index (χ3n) is 7.80. The normalized spacial score (nSPS) is 16.9. The predicted molar refractivity (Wildman–Crippen MR) is 183 cm³/mol. The Bertz CT molecular complexity index is 1270. The Labute approximate surface area is 279 Å². The van der Waals surface area contributed by atoms with Crippen LogP contribution in [0.2, 0.25) is 0 Å². The summed E-state index contributed by atoms with van der Waals surface area (Å²) in [6.45, 7) is 9.84. The molecule has 1 unspecified atom stereocenters. The first kappa shape index (κ1) is 37.5. The number of allylic oxidation sites excluding steroid dienone is 1. The highest BCUT2D eigenvalue weighted by molar-refractivity contribution is 6.41. The van der Waals surface area contributed by atoms with Gasteiger partial charge in [-0.25, -0.2) is 9.79 Å². The molecular weight excluding hydrogens is 602 g/mol. The number of hydrogen-bond donors (Lipinski definition) is 5. The van der Waals surface area contributed by atoms with Gasteiger partial charge in [-0.3, -0.25) is 9.59 Å². The monoisotopic (exact) mass is 657 g/mol. The summed E-state index contributed by atoms with van der Waals surface area (Å²) in [5, 5.41) is 13.4. The largest absolute Gasteiger partial charge is 0.497 e. The SMILES string of the molecule is CCCCCC1=C(NC2CCOCC2)NC(Nc2cc(CCNC(=O)CCCN(C)C(=O)OC(C)(C)C)cc(OC)c2)C(C(N)=O)=N1. The Kier molecular flexibility index (Phi) is 14.6. The van der Waals surface area contributed by atoms with Gasteiger partial charge in [-0.1, -0.05) is 19.8 Å². The van der Waals surface area contributed by atoms with E-state index >= 15 is 0 Å². The zero-order valence-corrected chi connectivity index (χ0v) is 29.0. The molecule has 1 atom stereocenters. The number of methoxy groups -OCH3 is 1. The molecule has 6 N–H and O–H groups in total. The number of unbranched alkanes of at least 4 members (excludes halogenated alkanes) is 2. The number of ether oxygens (including phenoxy) is 3. The van der Waals surface area contributed by atoms with Gasteiger partial charge in [0.1, 0.15) is 29.0 Å². The molecule has 1 aromatic rings. The van der Waals surface area contributed by atoms with E-state index in [9.17, 15) is 14.4 Å². The van der Waals surface area contributed by atoms with Crippen LogP contribution in [0.1, 0.15) is 84.6 Å². The Morgan fingerprint density at radius 3 is 2.49 bits per heavy atom. The molecular formula is C34H55N7O6. The minimum atomic E-state index is -0.664.